The highest BCUT2D eigenvalue weighted by Gasteiger charge is 2.05. The molecule has 0 aliphatic rings. The number of rotatable bonds is 4. The summed E-state index contributed by atoms with van der Waals surface area (Å²) < 4.78 is 10.5. The molecule has 2 aromatic rings. The highest BCUT2D eigenvalue weighted by molar-refractivity contribution is 5.87. The van der Waals surface area contributed by atoms with Crippen molar-refractivity contribution in [3.63, 3.8) is 0 Å². The Kier molecular flexibility index (Phi) is 4.25. The quantitative estimate of drug-likeness (QED) is 0.866. The van der Waals surface area contributed by atoms with Crippen LogP contribution in [-0.2, 0) is 0 Å². The standard InChI is InChI=1S/C16H17NO3/c1-11-5-4-6-14(18)16(11)17-10-12-9-13(19-2)7-8-15(12)20-3/h4-10,18H,1-3H3/b17-10+. The molecule has 20 heavy (non-hydrogen) atoms. The average molecular weight is 271 g/mol. The van der Waals surface area contributed by atoms with Gasteiger partial charge in [-0.15, -0.1) is 0 Å². The van der Waals surface area contributed by atoms with Crippen LogP contribution in [0.15, 0.2) is 41.4 Å². The molecule has 0 amide bonds. The summed E-state index contributed by atoms with van der Waals surface area (Å²) in [6.45, 7) is 1.90. The highest BCUT2D eigenvalue weighted by Crippen LogP contribution is 2.30. The van der Waals surface area contributed by atoms with Gasteiger partial charge >= 0.3 is 0 Å². The van der Waals surface area contributed by atoms with Crippen molar-refractivity contribution >= 4 is 11.9 Å². The van der Waals surface area contributed by atoms with Crippen LogP contribution in [0.3, 0.4) is 0 Å². The largest absolute Gasteiger partial charge is 0.506 e. The maximum Gasteiger partial charge on any atom is 0.141 e. The molecule has 0 radical (unpaired) electrons. The van der Waals surface area contributed by atoms with E-state index in [1.54, 1.807) is 32.6 Å². The highest BCUT2D eigenvalue weighted by atomic mass is 16.5. The van der Waals surface area contributed by atoms with E-state index in [-0.39, 0.29) is 5.75 Å². The van der Waals surface area contributed by atoms with Crippen molar-refractivity contribution in [2.75, 3.05) is 14.2 Å². The molecule has 0 heterocycles. The van der Waals surface area contributed by atoms with Crippen LogP contribution in [0.1, 0.15) is 11.1 Å². The fourth-order valence-corrected chi connectivity index (χ4v) is 1.89. The van der Waals surface area contributed by atoms with Crippen LogP contribution in [0, 0.1) is 6.92 Å². The van der Waals surface area contributed by atoms with Crippen LogP contribution < -0.4 is 9.47 Å². The van der Waals surface area contributed by atoms with Crippen molar-refractivity contribution in [3.05, 3.63) is 47.5 Å². The second-order valence-corrected chi connectivity index (χ2v) is 4.31. The normalized spacial score (nSPS) is 10.8. The van der Waals surface area contributed by atoms with E-state index in [4.69, 9.17) is 9.47 Å². The Morgan fingerprint density at radius 2 is 1.90 bits per heavy atom. The average Bonchev–Trinajstić information content (AvgIpc) is 2.46. The van der Waals surface area contributed by atoms with Gasteiger partial charge in [-0.1, -0.05) is 12.1 Å². The van der Waals surface area contributed by atoms with E-state index in [0.717, 1.165) is 16.9 Å². The molecule has 2 aromatic carbocycles. The topological polar surface area (TPSA) is 51.0 Å². The molecule has 0 saturated carbocycles. The molecule has 0 aliphatic heterocycles. The minimum atomic E-state index is 0.156. The second kappa shape index (κ2) is 6.10. The number of aliphatic imine (C=N–C) groups is 1. The van der Waals surface area contributed by atoms with Gasteiger partial charge < -0.3 is 14.6 Å². The van der Waals surface area contributed by atoms with Crippen molar-refractivity contribution in [2.45, 2.75) is 6.92 Å². The number of nitrogens with zero attached hydrogens (tertiary/aromatic N) is 1. The van der Waals surface area contributed by atoms with E-state index in [2.05, 4.69) is 4.99 Å². The smallest absolute Gasteiger partial charge is 0.141 e. The van der Waals surface area contributed by atoms with Crippen LogP contribution in [0.5, 0.6) is 17.2 Å². The van der Waals surface area contributed by atoms with Crippen LogP contribution in [0.2, 0.25) is 0 Å². The predicted octanol–water partition coefficient (Wildman–Crippen LogP) is 3.47. The molecule has 4 heteroatoms. The van der Waals surface area contributed by atoms with Crippen molar-refractivity contribution in [3.8, 4) is 17.2 Å². The molecule has 0 aromatic heterocycles. The summed E-state index contributed by atoms with van der Waals surface area (Å²) in [5, 5.41) is 9.83. The van der Waals surface area contributed by atoms with Crippen molar-refractivity contribution in [1.29, 1.82) is 0 Å². The zero-order valence-corrected chi connectivity index (χ0v) is 11.8. The van der Waals surface area contributed by atoms with Gasteiger partial charge in [0.15, 0.2) is 0 Å². The number of benzene rings is 2. The van der Waals surface area contributed by atoms with E-state index >= 15 is 0 Å². The Labute approximate surface area is 118 Å². The molecule has 1 N–H and O–H groups in total. The Bertz CT molecular complexity index is 615. The summed E-state index contributed by atoms with van der Waals surface area (Å²) in [6, 6.07) is 10.8. The molecule has 0 fully saturated rings. The van der Waals surface area contributed by atoms with Crippen LogP contribution in [0.25, 0.3) is 0 Å². The molecule has 2 rings (SSSR count). The number of phenolic OH excluding ortho intramolecular Hbond substituents is 1. The Balaban J connectivity index is 2.40. The maximum atomic E-state index is 9.83. The van der Waals surface area contributed by atoms with E-state index < -0.39 is 0 Å². The molecule has 0 saturated heterocycles. The van der Waals surface area contributed by atoms with Crippen LogP contribution in [0.4, 0.5) is 5.69 Å². The van der Waals surface area contributed by atoms with E-state index in [1.165, 1.54) is 0 Å². The van der Waals surface area contributed by atoms with Gasteiger partial charge in [0.25, 0.3) is 0 Å². The third-order valence-corrected chi connectivity index (χ3v) is 2.99. The molecular formula is C16H17NO3. The van der Waals surface area contributed by atoms with Gasteiger partial charge in [0, 0.05) is 11.8 Å². The first-order valence-electron chi connectivity index (χ1n) is 6.20. The minimum Gasteiger partial charge on any atom is -0.506 e. The Morgan fingerprint density at radius 1 is 1.10 bits per heavy atom. The summed E-state index contributed by atoms with van der Waals surface area (Å²) in [4.78, 5) is 4.35. The number of ether oxygens (including phenoxy) is 2. The number of para-hydroxylation sites is 1. The van der Waals surface area contributed by atoms with Gasteiger partial charge in [0.05, 0.1) is 14.2 Å². The summed E-state index contributed by atoms with van der Waals surface area (Å²) in [5.41, 5.74) is 2.25. The van der Waals surface area contributed by atoms with Crippen molar-refractivity contribution in [2.24, 2.45) is 4.99 Å². The SMILES string of the molecule is COc1ccc(OC)c(/C=N/c2c(C)cccc2O)c1. The Hall–Kier alpha value is -2.49. The monoisotopic (exact) mass is 271 g/mol. The number of methoxy groups -OCH3 is 2. The molecular weight excluding hydrogens is 254 g/mol. The third-order valence-electron chi connectivity index (χ3n) is 2.99. The van der Waals surface area contributed by atoms with Gasteiger partial charge in [0.1, 0.15) is 22.9 Å². The van der Waals surface area contributed by atoms with Crippen LogP contribution in [-0.4, -0.2) is 25.5 Å². The lowest BCUT2D eigenvalue weighted by Gasteiger charge is -2.07. The van der Waals surface area contributed by atoms with E-state index in [1.807, 2.05) is 31.2 Å². The first kappa shape index (κ1) is 13.9. The first-order valence-corrected chi connectivity index (χ1v) is 6.20. The lowest BCUT2D eigenvalue weighted by atomic mass is 10.1. The third kappa shape index (κ3) is 2.91. The van der Waals surface area contributed by atoms with Crippen LogP contribution >= 0.6 is 0 Å². The summed E-state index contributed by atoms with van der Waals surface area (Å²) in [7, 11) is 3.21. The second-order valence-electron chi connectivity index (χ2n) is 4.31. The fraction of sp³-hybridized carbons (Fsp3) is 0.188. The first-order chi connectivity index (χ1) is 9.65. The maximum absolute atomic E-state index is 9.83. The zero-order chi connectivity index (χ0) is 14.5. The number of aryl methyl sites for hydroxylation is 1. The summed E-state index contributed by atoms with van der Waals surface area (Å²) in [5.74, 6) is 1.58. The molecule has 0 spiro atoms. The molecule has 0 atom stereocenters. The van der Waals surface area contributed by atoms with E-state index in [0.29, 0.717) is 11.4 Å². The summed E-state index contributed by atoms with van der Waals surface area (Å²) in [6.07, 6.45) is 1.66. The number of phenols is 1. The van der Waals surface area contributed by atoms with Crippen molar-refractivity contribution < 1.29 is 14.6 Å². The van der Waals surface area contributed by atoms with Gasteiger partial charge in [-0.05, 0) is 36.8 Å². The summed E-state index contributed by atoms with van der Waals surface area (Å²) >= 11 is 0. The zero-order valence-electron chi connectivity index (χ0n) is 11.8. The molecule has 0 aliphatic carbocycles. The molecule has 0 unspecified atom stereocenters. The molecule has 104 valence electrons. The lowest BCUT2D eigenvalue weighted by Crippen LogP contribution is -1.92. The van der Waals surface area contributed by atoms with Crippen molar-refractivity contribution in [1.82, 2.24) is 0 Å². The number of hydrogen-bond donors (Lipinski definition) is 1. The number of hydrogen-bond acceptors (Lipinski definition) is 4. The molecule has 0 bridgehead atoms. The van der Waals surface area contributed by atoms with Gasteiger partial charge in [-0.2, -0.15) is 0 Å². The Morgan fingerprint density at radius 3 is 2.55 bits per heavy atom. The van der Waals surface area contributed by atoms with Gasteiger partial charge in [-0.3, -0.25) is 4.99 Å². The van der Waals surface area contributed by atoms with Gasteiger partial charge in [0.2, 0.25) is 0 Å². The fourth-order valence-electron chi connectivity index (χ4n) is 1.89. The lowest BCUT2D eigenvalue weighted by molar-refractivity contribution is 0.402. The number of aromatic hydroxyl groups is 1. The minimum absolute atomic E-state index is 0.156. The van der Waals surface area contributed by atoms with Gasteiger partial charge in [-0.25, -0.2) is 0 Å². The predicted molar refractivity (Wildman–Crippen MR) is 79.6 cm³/mol. The molecule has 4 nitrogen and oxygen atoms in total. The van der Waals surface area contributed by atoms with E-state index in [9.17, 15) is 5.11 Å².